The lowest BCUT2D eigenvalue weighted by Crippen LogP contribution is -2.33. The number of amides is 2. The van der Waals surface area contributed by atoms with Crippen LogP contribution in [0.2, 0.25) is 0 Å². The van der Waals surface area contributed by atoms with Gasteiger partial charge < -0.3 is 15.0 Å². The summed E-state index contributed by atoms with van der Waals surface area (Å²) >= 11 is 0. The van der Waals surface area contributed by atoms with E-state index in [1.807, 2.05) is 25.1 Å². The zero-order valence-corrected chi connectivity index (χ0v) is 14.2. The summed E-state index contributed by atoms with van der Waals surface area (Å²) < 4.78 is 5.61. The van der Waals surface area contributed by atoms with E-state index < -0.39 is 0 Å². The molecule has 5 nitrogen and oxygen atoms in total. The first-order valence-electron chi connectivity index (χ1n) is 8.26. The zero-order chi connectivity index (χ0) is 16.8. The number of nitrogens with zero attached hydrogens (tertiary/aromatic N) is 1. The summed E-state index contributed by atoms with van der Waals surface area (Å²) in [5, 5.41) is 2.99. The molecule has 1 aromatic carbocycles. The summed E-state index contributed by atoms with van der Waals surface area (Å²) in [6.07, 6.45) is 1.73. The van der Waals surface area contributed by atoms with Crippen molar-refractivity contribution in [3.05, 3.63) is 29.3 Å². The molecule has 0 saturated carbocycles. The van der Waals surface area contributed by atoms with Gasteiger partial charge in [0.15, 0.2) is 0 Å². The van der Waals surface area contributed by atoms with Crippen LogP contribution in [0.15, 0.2) is 18.2 Å². The highest BCUT2D eigenvalue weighted by molar-refractivity contribution is 5.81. The number of likely N-dealkylation sites (tertiary alicyclic amines) is 1. The summed E-state index contributed by atoms with van der Waals surface area (Å²) in [4.78, 5) is 25.3. The average Bonchev–Trinajstić information content (AvgIpc) is 3.02. The van der Waals surface area contributed by atoms with Gasteiger partial charge in [-0.25, -0.2) is 0 Å². The molecule has 126 valence electrons. The van der Waals surface area contributed by atoms with Gasteiger partial charge in [0.2, 0.25) is 11.8 Å². The molecule has 0 aliphatic carbocycles. The number of aryl methyl sites for hydroxylation is 1. The number of rotatable bonds is 6. The minimum Gasteiger partial charge on any atom is -0.494 e. The predicted molar refractivity (Wildman–Crippen MR) is 89.2 cm³/mol. The average molecular weight is 318 g/mol. The molecule has 23 heavy (non-hydrogen) atoms. The highest BCUT2D eigenvalue weighted by Crippen LogP contribution is 2.19. The number of hydrogen-bond donors (Lipinski definition) is 1. The van der Waals surface area contributed by atoms with Crippen LogP contribution >= 0.6 is 0 Å². The van der Waals surface area contributed by atoms with Crippen LogP contribution in [0.3, 0.4) is 0 Å². The number of carbonyl (C=O) groups excluding carboxylic acids is 2. The molecule has 1 aliphatic heterocycles. The van der Waals surface area contributed by atoms with Gasteiger partial charge in [0, 0.05) is 26.6 Å². The quantitative estimate of drug-likeness (QED) is 0.875. The van der Waals surface area contributed by atoms with Crippen molar-refractivity contribution in [2.45, 2.75) is 40.2 Å². The molecule has 1 N–H and O–H groups in total. The standard InChI is InChI=1S/C18H26N2O3/c1-4-9-23-17-6-5-15(13(2)10-17)11-19-18(22)16-7-8-20(12-16)14(3)21/h5-6,10,16H,4,7-9,11-12H2,1-3H3,(H,19,22). The van der Waals surface area contributed by atoms with E-state index in [1.54, 1.807) is 11.8 Å². The molecule has 0 radical (unpaired) electrons. The minimum absolute atomic E-state index is 0.0273. The molecule has 0 bridgehead atoms. The van der Waals surface area contributed by atoms with Crippen molar-refractivity contribution in [1.82, 2.24) is 10.2 Å². The largest absolute Gasteiger partial charge is 0.494 e. The lowest BCUT2D eigenvalue weighted by atomic mass is 10.1. The van der Waals surface area contributed by atoms with Gasteiger partial charge in [-0.15, -0.1) is 0 Å². The zero-order valence-electron chi connectivity index (χ0n) is 14.2. The maximum atomic E-state index is 12.2. The maximum Gasteiger partial charge on any atom is 0.225 e. The molecule has 1 aromatic rings. The van der Waals surface area contributed by atoms with Crippen molar-refractivity contribution in [3.63, 3.8) is 0 Å². The Morgan fingerprint density at radius 1 is 1.39 bits per heavy atom. The molecule has 2 rings (SSSR count). The van der Waals surface area contributed by atoms with E-state index in [9.17, 15) is 9.59 Å². The number of nitrogens with one attached hydrogen (secondary N) is 1. The third kappa shape index (κ3) is 4.71. The second-order valence-electron chi connectivity index (χ2n) is 6.11. The fourth-order valence-corrected chi connectivity index (χ4v) is 2.76. The van der Waals surface area contributed by atoms with E-state index in [-0.39, 0.29) is 17.7 Å². The molecule has 1 fully saturated rings. The summed E-state index contributed by atoms with van der Waals surface area (Å²) in [6.45, 7) is 8.07. The van der Waals surface area contributed by atoms with E-state index in [0.717, 1.165) is 29.7 Å². The van der Waals surface area contributed by atoms with Crippen molar-refractivity contribution >= 4 is 11.8 Å². The van der Waals surface area contributed by atoms with Gasteiger partial charge in [-0.3, -0.25) is 9.59 Å². The molecule has 0 aromatic heterocycles. The van der Waals surface area contributed by atoms with Crippen molar-refractivity contribution in [2.75, 3.05) is 19.7 Å². The van der Waals surface area contributed by atoms with E-state index in [4.69, 9.17) is 4.74 Å². The normalized spacial score (nSPS) is 17.2. The van der Waals surface area contributed by atoms with Gasteiger partial charge in [-0.2, -0.15) is 0 Å². The van der Waals surface area contributed by atoms with Crippen molar-refractivity contribution in [3.8, 4) is 5.75 Å². The Labute approximate surface area is 138 Å². The molecule has 1 heterocycles. The summed E-state index contributed by atoms with van der Waals surface area (Å²) in [5.74, 6) is 0.844. The summed E-state index contributed by atoms with van der Waals surface area (Å²) in [6, 6.07) is 5.94. The number of benzene rings is 1. The molecule has 2 amide bonds. The Balaban J connectivity index is 1.86. The van der Waals surface area contributed by atoms with Crippen molar-refractivity contribution in [2.24, 2.45) is 5.92 Å². The van der Waals surface area contributed by atoms with E-state index in [1.165, 1.54) is 0 Å². The van der Waals surface area contributed by atoms with Crippen LogP contribution in [0.5, 0.6) is 5.75 Å². The second-order valence-corrected chi connectivity index (χ2v) is 6.11. The fourth-order valence-electron chi connectivity index (χ4n) is 2.76. The smallest absolute Gasteiger partial charge is 0.225 e. The number of hydrogen-bond acceptors (Lipinski definition) is 3. The Bertz CT molecular complexity index is 571. The lowest BCUT2D eigenvalue weighted by molar-refractivity contribution is -0.128. The van der Waals surface area contributed by atoms with Crippen LogP contribution in [0, 0.1) is 12.8 Å². The SMILES string of the molecule is CCCOc1ccc(CNC(=O)C2CCN(C(C)=O)C2)c(C)c1. The minimum atomic E-state index is -0.0913. The molecule has 1 unspecified atom stereocenters. The monoisotopic (exact) mass is 318 g/mol. The number of carbonyl (C=O) groups is 2. The van der Waals surface area contributed by atoms with Crippen LogP contribution in [-0.4, -0.2) is 36.4 Å². The Hall–Kier alpha value is -2.04. The predicted octanol–water partition coefficient (Wildman–Crippen LogP) is 2.27. The highest BCUT2D eigenvalue weighted by Gasteiger charge is 2.29. The lowest BCUT2D eigenvalue weighted by Gasteiger charge is -2.15. The molecule has 1 saturated heterocycles. The second kappa shape index (κ2) is 7.99. The van der Waals surface area contributed by atoms with Gasteiger partial charge >= 0.3 is 0 Å². The van der Waals surface area contributed by atoms with Gasteiger partial charge in [-0.1, -0.05) is 13.0 Å². The van der Waals surface area contributed by atoms with Crippen LogP contribution in [0.4, 0.5) is 0 Å². The first-order valence-corrected chi connectivity index (χ1v) is 8.26. The molecule has 1 aliphatic rings. The Kier molecular flexibility index (Phi) is 6.02. The van der Waals surface area contributed by atoms with E-state index >= 15 is 0 Å². The van der Waals surface area contributed by atoms with Crippen LogP contribution in [-0.2, 0) is 16.1 Å². The Morgan fingerprint density at radius 3 is 2.78 bits per heavy atom. The summed E-state index contributed by atoms with van der Waals surface area (Å²) in [5.41, 5.74) is 2.19. The molecule has 5 heteroatoms. The van der Waals surface area contributed by atoms with Crippen LogP contribution in [0.1, 0.15) is 37.8 Å². The molecule has 0 spiro atoms. The van der Waals surface area contributed by atoms with Crippen LogP contribution < -0.4 is 10.1 Å². The summed E-state index contributed by atoms with van der Waals surface area (Å²) in [7, 11) is 0. The fraction of sp³-hybridized carbons (Fsp3) is 0.556. The van der Waals surface area contributed by atoms with Gasteiger partial charge in [0.1, 0.15) is 5.75 Å². The molecular weight excluding hydrogens is 292 g/mol. The third-order valence-electron chi connectivity index (χ3n) is 4.24. The van der Waals surface area contributed by atoms with Crippen molar-refractivity contribution in [1.29, 1.82) is 0 Å². The van der Waals surface area contributed by atoms with E-state index in [0.29, 0.717) is 26.2 Å². The van der Waals surface area contributed by atoms with Crippen molar-refractivity contribution < 1.29 is 14.3 Å². The molecule has 1 atom stereocenters. The van der Waals surface area contributed by atoms with Crippen LogP contribution in [0.25, 0.3) is 0 Å². The maximum absolute atomic E-state index is 12.2. The molecular formula is C18H26N2O3. The number of ether oxygens (including phenoxy) is 1. The Morgan fingerprint density at radius 2 is 2.17 bits per heavy atom. The third-order valence-corrected chi connectivity index (χ3v) is 4.24. The first kappa shape index (κ1) is 17.3. The highest BCUT2D eigenvalue weighted by atomic mass is 16.5. The van der Waals surface area contributed by atoms with Gasteiger partial charge in [0.25, 0.3) is 0 Å². The van der Waals surface area contributed by atoms with Gasteiger partial charge in [0.05, 0.1) is 12.5 Å². The topological polar surface area (TPSA) is 58.6 Å². The van der Waals surface area contributed by atoms with Gasteiger partial charge in [-0.05, 0) is 43.0 Å². The first-order chi connectivity index (χ1) is 11.0. The van der Waals surface area contributed by atoms with E-state index in [2.05, 4.69) is 12.2 Å².